The highest BCUT2D eigenvalue weighted by Crippen LogP contribution is 2.45. The number of aromatic nitrogens is 2. The fourth-order valence-electron chi connectivity index (χ4n) is 2.25. The van der Waals surface area contributed by atoms with Gasteiger partial charge in [0.15, 0.2) is 0 Å². The summed E-state index contributed by atoms with van der Waals surface area (Å²) >= 11 is 0. The molecule has 2 fully saturated rings. The maximum atomic E-state index is 6.09. The van der Waals surface area contributed by atoms with Crippen LogP contribution in [0.3, 0.4) is 0 Å². The third kappa shape index (κ3) is 1.16. The first-order valence-electron chi connectivity index (χ1n) is 5.88. The second-order valence-electron chi connectivity index (χ2n) is 4.93. The van der Waals surface area contributed by atoms with E-state index in [1.807, 2.05) is 6.07 Å². The molecule has 0 spiro atoms. The molecule has 0 unspecified atom stereocenters. The summed E-state index contributed by atoms with van der Waals surface area (Å²) < 4.78 is 5.31. The van der Waals surface area contributed by atoms with Gasteiger partial charge in [0.2, 0.25) is 0 Å². The van der Waals surface area contributed by atoms with Crippen molar-refractivity contribution in [3.05, 3.63) is 17.5 Å². The summed E-state index contributed by atoms with van der Waals surface area (Å²) in [6.07, 6.45) is 4.85. The molecule has 16 heavy (non-hydrogen) atoms. The molecule has 2 saturated carbocycles. The molecule has 0 aromatic carbocycles. The van der Waals surface area contributed by atoms with Crippen molar-refractivity contribution < 1.29 is 4.52 Å². The number of fused-ring (bicyclic) bond motifs is 1. The predicted octanol–water partition coefficient (Wildman–Crippen LogP) is 2.56. The number of pyridine rings is 1. The van der Waals surface area contributed by atoms with E-state index < -0.39 is 0 Å². The van der Waals surface area contributed by atoms with Crippen LogP contribution < -0.4 is 5.73 Å². The molecule has 0 bridgehead atoms. The van der Waals surface area contributed by atoms with Crippen LogP contribution in [-0.2, 0) is 0 Å². The molecule has 2 N–H and O–H groups in total. The number of hydrogen-bond acceptors (Lipinski definition) is 4. The van der Waals surface area contributed by atoms with Gasteiger partial charge < -0.3 is 10.3 Å². The molecule has 0 atom stereocenters. The summed E-state index contributed by atoms with van der Waals surface area (Å²) in [6, 6.07) is 2.00. The molecule has 4 heteroatoms. The van der Waals surface area contributed by atoms with Gasteiger partial charge in [-0.05, 0) is 31.7 Å². The van der Waals surface area contributed by atoms with E-state index in [0.717, 1.165) is 22.5 Å². The van der Waals surface area contributed by atoms with Crippen molar-refractivity contribution in [3.63, 3.8) is 0 Å². The SMILES string of the molecule is Nc1cc(C2CC2)nc2onc(C3CC3)c12. The van der Waals surface area contributed by atoms with Gasteiger partial charge in [-0.2, -0.15) is 0 Å². The van der Waals surface area contributed by atoms with Crippen LogP contribution in [0.15, 0.2) is 10.6 Å². The second kappa shape index (κ2) is 2.75. The van der Waals surface area contributed by atoms with E-state index >= 15 is 0 Å². The number of nitrogens with two attached hydrogens (primary N) is 1. The van der Waals surface area contributed by atoms with Crippen LogP contribution in [0.4, 0.5) is 5.69 Å². The Bertz CT molecular complexity index is 567. The molecular formula is C12H13N3O. The van der Waals surface area contributed by atoms with Crippen LogP contribution in [0.2, 0.25) is 0 Å². The van der Waals surface area contributed by atoms with Crippen LogP contribution >= 0.6 is 0 Å². The van der Waals surface area contributed by atoms with E-state index in [2.05, 4.69) is 10.1 Å². The van der Waals surface area contributed by atoms with Gasteiger partial charge in [-0.1, -0.05) is 5.16 Å². The molecule has 2 aliphatic carbocycles. The lowest BCUT2D eigenvalue weighted by Gasteiger charge is -2.00. The molecule has 4 nitrogen and oxygen atoms in total. The summed E-state index contributed by atoms with van der Waals surface area (Å²) in [5.41, 5.74) is 9.60. The summed E-state index contributed by atoms with van der Waals surface area (Å²) in [5.74, 6) is 1.15. The molecule has 2 aromatic heterocycles. The normalized spacial score (nSPS) is 20.5. The quantitative estimate of drug-likeness (QED) is 0.836. The zero-order valence-electron chi connectivity index (χ0n) is 8.94. The molecule has 82 valence electrons. The Balaban J connectivity index is 1.94. The maximum Gasteiger partial charge on any atom is 0.260 e. The van der Waals surface area contributed by atoms with Gasteiger partial charge in [0, 0.05) is 23.2 Å². The summed E-state index contributed by atoms with van der Waals surface area (Å²) in [4.78, 5) is 4.52. The third-order valence-electron chi connectivity index (χ3n) is 3.48. The van der Waals surface area contributed by atoms with Crippen LogP contribution in [0.25, 0.3) is 11.1 Å². The topological polar surface area (TPSA) is 64.9 Å². The van der Waals surface area contributed by atoms with Crippen LogP contribution in [0.5, 0.6) is 0 Å². The minimum atomic E-state index is 0.553. The lowest BCUT2D eigenvalue weighted by atomic mass is 10.1. The number of anilines is 1. The maximum absolute atomic E-state index is 6.09. The summed E-state index contributed by atoms with van der Waals surface area (Å²) in [6.45, 7) is 0. The van der Waals surface area contributed by atoms with E-state index in [4.69, 9.17) is 10.3 Å². The van der Waals surface area contributed by atoms with Gasteiger partial charge in [-0.25, -0.2) is 4.98 Å². The van der Waals surface area contributed by atoms with Gasteiger partial charge in [0.1, 0.15) is 0 Å². The largest absolute Gasteiger partial charge is 0.398 e. The Morgan fingerprint density at radius 3 is 2.62 bits per heavy atom. The number of nitrogen functional groups attached to an aromatic ring is 1. The van der Waals surface area contributed by atoms with Crippen molar-refractivity contribution in [2.45, 2.75) is 37.5 Å². The second-order valence-corrected chi connectivity index (χ2v) is 4.93. The van der Waals surface area contributed by atoms with Crippen LogP contribution in [0, 0.1) is 0 Å². The number of nitrogens with zero attached hydrogens (tertiary/aromatic N) is 2. The molecule has 2 heterocycles. The lowest BCUT2D eigenvalue weighted by molar-refractivity contribution is 0.438. The zero-order valence-corrected chi connectivity index (χ0v) is 8.94. The molecule has 0 amide bonds. The molecular weight excluding hydrogens is 202 g/mol. The number of hydrogen-bond donors (Lipinski definition) is 1. The van der Waals surface area contributed by atoms with E-state index in [1.54, 1.807) is 0 Å². The highest BCUT2D eigenvalue weighted by molar-refractivity contribution is 5.89. The van der Waals surface area contributed by atoms with Gasteiger partial charge >= 0.3 is 0 Å². The number of rotatable bonds is 2. The first kappa shape index (κ1) is 8.56. The van der Waals surface area contributed by atoms with Gasteiger partial charge in [0.25, 0.3) is 5.71 Å². The van der Waals surface area contributed by atoms with Crippen molar-refractivity contribution in [1.29, 1.82) is 0 Å². The smallest absolute Gasteiger partial charge is 0.260 e. The predicted molar refractivity (Wildman–Crippen MR) is 60.2 cm³/mol. The minimum Gasteiger partial charge on any atom is -0.398 e. The van der Waals surface area contributed by atoms with Crippen molar-refractivity contribution in [3.8, 4) is 0 Å². The average Bonchev–Trinajstić information content (AvgIpc) is 3.15. The fraction of sp³-hybridized carbons (Fsp3) is 0.500. The Hall–Kier alpha value is -1.58. The van der Waals surface area contributed by atoms with Crippen molar-refractivity contribution in [1.82, 2.24) is 10.1 Å². The Kier molecular flexibility index (Phi) is 1.47. The summed E-state index contributed by atoms with van der Waals surface area (Å²) in [5, 5.41) is 5.07. The molecule has 2 aromatic rings. The van der Waals surface area contributed by atoms with Gasteiger partial charge in [-0.15, -0.1) is 0 Å². The minimum absolute atomic E-state index is 0.553. The molecule has 4 rings (SSSR count). The van der Waals surface area contributed by atoms with E-state index in [0.29, 0.717) is 17.5 Å². The molecule has 2 aliphatic rings. The van der Waals surface area contributed by atoms with Crippen molar-refractivity contribution in [2.24, 2.45) is 0 Å². The fourth-order valence-corrected chi connectivity index (χ4v) is 2.25. The average molecular weight is 215 g/mol. The van der Waals surface area contributed by atoms with Crippen molar-refractivity contribution >= 4 is 16.8 Å². The molecule has 0 aliphatic heterocycles. The Morgan fingerprint density at radius 2 is 1.94 bits per heavy atom. The van der Waals surface area contributed by atoms with E-state index in [-0.39, 0.29) is 0 Å². The van der Waals surface area contributed by atoms with Gasteiger partial charge in [-0.3, -0.25) is 0 Å². The van der Waals surface area contributed by atoms with Crippen molar-refractivity contribution in [2.75, 3.05) is 5.73 Å². The zero-order chi connectivity index (χ0) is 10.7. The lowest BCUT2D eigenvalue weighted by Crippen LogP contribution is -1.94. The summed E-state index contributed by atoms with van der Waals surface area (Å²) in [7, 11) is 0. The molecule has 0 radical (unpaired) electrons. The van der Waals surface area contributed by atoms with E-state index in [9.17, 15) is 0 Å². The first-order valence-corrected chi connectivity index (χ1v) is 5.88. The van der Waals surface area contributed by atoms with E-state index in [1.165, 1.54) is 25.7 Å². The Labute approximate surface area is 92.8 Å². The first-order chi connectivity index (χ1) is 7.83. The Morgan fingerprint density at radius 1 is 1.19 bits per heavy atom. The standard InChI is InChI=1S/C12H13N3O/c13-8-5-9(6-1-2-6)14-12-10(8)11(15-16-12)7-3-4-7/h5-7H,1-4H2,(H2,13,14). The molecule has 0 saturated heterocycles. The third-order valence-corrected chi connectivity index (χ3v) is 3.48. The monoisotopic (exact) mass is 215 g/mol. The highest BCUT2D eigenvalue weighted by Gasteiger charge is 2.32. The van der Waals surface area contributed by atoms with Crippen LogP contribution in [-0.4, -0.2) is 10.1 Å². The highest BCUT2D eigenvalue weighted by atomic mass is 16.5. The van der Waals surface area contributed by atoms with Crippen LogP contribution in [0.1, 0.15) is 48.9 Å². The van der Waals surface area contributed by atoms with Gasteiger partial charge in [0.05, 0.1) is 11.1 Å².